The van der Waals surface area contributed by atoms with Gasteiger partial charge in [-0.1, -0.05) is 30.3 Å². The van der Waals surface area contributed by atoms with E-state index in [-0.39, 0.29) is 5.56 Å². The summed E-state index contributed by atoms with van der Waals surface area (Å²) in [7, 11) is 2.09. The molecule has 2 aromatic heterocycles. The van der Waals surface area contributed by atoms with E-state index in [9.17, 15) is 4.79 Å². The van der Waals surface area contributed by atoms with E-state index in [1.807, 2.05) is 24.3 Å². The molecule has 0 spiro atoms. The van der Waals surface area contributed by atoms with Crippen LogP contribution >= 0.6 is 11.3 Å². The van der Waals surface area contributed by atoms with Crippen LogP contribution in [-0.4, -0.2) is 47.8 Å². The van der Waals surface area contributed by atoms with E-state index in [4.69, 9.17) is 4.74 Å². The summed E-state index contributed by atoms with van der Waals surface area (Å²) >= 11 is 1.57. The third-order valence-electron chi connectivity index (χ3n) is 4.57. The molecule has 0 radical (unpaired) electrons. The average molecular weight is 355 g/mol. The first kappa shape index (κ1) is 16.4. The van der Waals surface area contributed by atoms with Gasteiger partial charge in [-0.25, -0.2) is 4.98 Å². The summed E-state index contributed by atoms with van der Waals surface area (Å²) in [4.78, 5) is 21.5. The third kappa shape index (κ3) is 3.51. The molecular weight excluding hydrogens is 334 g/mol. The fourth-order valence-electron chi connectivity index (χ4n) is 3.28. The summed E-state index contributed by atoms with van der Waals surface area (Å²) in [5, 5.41) is 0.703. The van der Waals surface area contributed by atoms with Crippen LogP contribution in [0.25, 0.3) is 20.7 Å². The van der Waals surface area contributed by atoms with Gasteiger partial charge in [-0.05, 0) is 18.7 Å². The van der Waals surface area contributed by atoms with E-state index in [1.165, 1.54) is 0 Å². The zero-order valence-corrected chi connectivity index (χ0v) is 15.0. The number of ether oxygens (including phenoxy) is 1. The number of thiophene rings is 1. The summed E-state index contributed by atoms with van der Waals surface area (Å²) in [5.41, 5.74) is 1.16. The lowest BCUT2D eigenvalue weighted by Crippen LogP contribution is -2.31. The van der Waals surface area contributed by atoms with E-state index in [1.54, 1.807) is 22.2 Å². The molecule has 1 aliphatic heterocycles. The molecule has 5 nitrogen and oxygen atoms in total. The van der Waals surface area contributed by atoms with E-state index >= 15 is 0 Å². The first-order chi connectivity index (χ1) is 12.2. The molecular formula is C19H21N3O2S. The Labute approximate surface area is 150 Å². The molecule has 3 aromatic rings. The molecule has 0 bridgehead atoms. The van der Waals surface area contributed by atoms with Gasteiger partial charge in [-0.3, -0.25) is 9.36 Å². The Bertz CT molecular complexity index is 919. The second kappa shape index (κ2) is 7.07. The van der Waals surface area contributed by atoms with E-state index < -0.39 is 0 Å². The van der Waals surface area contributed by atoms with Gasteiger partial charge in [0.1, 0.15) is 4.83 Å². The summed E-state index contributed by atoms with van der Waals surface area (Å²) in [5.74, 6) is 0.302. The van der Waals surface area contributed by atoms with Crippen LogP contribution in [0.4, 0.5) is 0 Å². The van der Waals surface area contributed by atoms with Crippen LogP contribution in [0.2, 0.25) is 0 Å². The molecule has 0 aliphatic carbocycles. The second-order valence-corrected chi connectivity index (χ2v) is 7.63. The van der Waals surface area contributed by atoms with E-state index in [0.717, 1.165) is 35.0 Å². The molecule has 0 saturated carbocycles. The molecule has 4 rings (SSSR count). The monoisotopic (exact) mass is 355 g/mol. The van der Waals surface area contributed by atoms with Crippen molar-refractivity contribution in [3.63, 3.8) is 0 Å². The highest BCUT2D eigenvalue weighted by Crippen LogP contribution is 2.30. The molecule has 1 atom stereocenters. The number of fused-ring (bicyclic) bond motifs is 1. The third-order valence-corrected chi connectivity index (χ3v) is 5.66. The van der Waals surface area contributed by atoms with Gasteiger partial charge in [0.25, 0.3) is 5.56 Å². The zero-order chi connectivity index (χ0) is 17.2. The lowest BCUT2D eigenvalue weighted by molar-refractivity contribution is 0.117. The highest BCUT2D eigenvalue weighted by Gasteiger charge is 2.18. The number of hydrogen-bond donors (Lipinski definition) is 0. The molecule has 3 heterocycles. The van der Waals surface area contributed by atoms with Crippen molar-refractivity contribution in [1.82, 2.24) is 14.5 Å². The molecule has 0 unspecified atom stereocenters. The number of aromatic nitrogens is 2. The second-order valence-electron chi connectivity index (χ2n) is 6.60. The highest BCUT2D eigenvalue weighted by atomic mass is 32.1. The quantitative estimate of drug-likeness (QED) is 0.725. The van der Waals surface area contributed by atoms with Gasteiger partial charge in [0.2, 0.25) is 0 Å². The average Bonchev–Trinajstić information content (AvgIpc) is 2.96. The van der Waals surface area contributed by atoms with Crippen molar-refractivity contribution >= 4 is 21.6 Å². The van der Waals surface area contributed by atoms with Crippen LogP contribution in [0.1, 0.15) is 0 Å². The predicted molar refractivity (Wildman–Crippen MR) is 101 cm³/mol. The molecule has 1 fully saturated rings. The number of rotatable bonds is 3. The highest BCUT2D eigenvalue weighted by molar-refractivity contribution is 7.21. The van der Waals surface area contributed by atoms with Crippen molar-refractivity contribution < 1.29 is 4.74 Å². The minimum absolute atomic E-state index is 0.0373. The predicted octanol–water partition coefficient (Wildman–Crippen LogP) is 2.70. The summed E-state index contributed by atoms with van der Waals surface area (Å²) < 4.78 is 7.40. The Morgan fingerprint density at radius 2 is 2.16 bits per heavy atom. The van der Waals surface area contributed by atoms with Crippen LogP contribution in [-0.2, 0) is 11.3 Å². The minimum Gasteiger partial charge on any atom is -0.380 e. The number of likely N-dealkylation sites (N-methyl/N-ethyl adjacent to an activating group) is 1. The molecule has 0 amide bonds. The summed E-state index contributed by atoms with van der Waals surface area (Å²) in [6.45, 7) is 3.96. The standard InChI is InChI=1S/C19H21N3O2S/c1-21-7-8-24-12-14(10-21)11-22-13-20-18-16(19(22)23)9-17(25-18)15-5-3-2-4-6-15/h2-6,9,13-14H,7-8,10-12H2,1H3/t14-/m0/s1. The maximum atomic E-state index is 12.9. The Hall–Kier alpha value is -2.02. The molecule has 25 heavy (non-hydrogen) atoms. The summed E-state index contributed by atoms with van der Waals surface area (Å²) in [6.07, 6.45) is 1.68. The maximum Gasteiger partial charge on any atom is 0.262 e. The van der Waals surface area contributed by atoms with Gasteiger partial charge in [0.15, 0.2) is 0 Å². The topological polar surface area (TPSA) is 47.4 Å². The maximum absolute atomic E-state index is 12.9. The fraction of sp³-hybridized carbons (Fsp3) is 0.368. The Kier molecular flexibility index (Phi) is 4.65. The normalized spacial score (nSPS) is 19.2. The Morgan fingerprint density at radius 3 is 3.00 bits per heavy atom. The van der Waals surface area contributed by atoms with Crippen LogP contribution in [0.15, 0.2) is 47.5 Å². The van der Waals surface area contributed by atoms with Gasteiger partial charge in [0, 0.05) is 30.4 Å². The summed E-state index contributed by atoms with van der Waals surface area (Å²) in [6, 6.07) is 12.1. The lowest BCUT2D eigenvalue weighted by atomic mass is 10.1. The zero-order valence-electron chi connectivity index (χ0n) is 14.2. The van der Waals surface area contributed by atoms with Crippen molar-refractivity contribution in [2.45, 2.75) is 6.54 Å². The SMILES string of the molecule is CN1CCOC[C@H](Cn2cnc3sc(-c4ccccc4)cc3c2=O)C1. The molecule has 6 heteroatoms. The van der Waals surface area contributed by atoms with Crippen molar-refractivity contribution in [2.75, 3.05) is 33.4 Å². The smallest absolute Gasteiger partial charge is 0.262 e. The number of hydrogen-bond acceptors (Lipinski definition) is 5. The van der Waals surface area contributed by atoms with Gasteiger partial charge >= 0.3 is 0 Å². The van der Waals surface area contributed by atoms with Crippen LogP contribution in [0, 0.1) is 5.92 Å². The van der Waals surface area contributed by atoms with Crippen molar-refractivity contribution in [1.29, 1.82) is 0 Å². The van der Waals surface area contributed by atoms with Crippen LogP contribution in [0.3, 0.4) is 0 Å². The Balaban J connectivity index is 1.65. The van der Waals surface area contributed by atoms with Gasteiger partial charge in [-0.2, -0.15) is 0 Å². The van der Waals surface area contributed by atoms with Crippen molar-refractivity contribution in [2.24, 2.45) is 5.92 Å². The molecule has 1 aliphatic rings. The van der Waals surface area contributed by atoms with Crippen molar-refractivity contribution in [3.8, 4) is 10.4 Å². The molecule has 1 aromatic carbocycles. The number of nitrogens with zero attached hydrogens (tertiary/aromatic N) is 3. The lowest BCUT2D eigenvalue weighted by Gasteiger charge is -2.19. The molecule has 130 valence electrons. The van der Waals surface area contributed by atoms with E-state index in [2.05, 4.69) is 29.1 Å². The molecule has 1 saturated heterocycles. The van der Waals surface area contributed by atoms with Crippen LogP contribution < -0.4 is 5.56 Å². The van der Waals surface area contributed by atoms with Crippen LogP contribution in [0.5, 0.6) is 0 Å². The van der Waals surface area contributed by atoms with Gasteiger partial charge in [0.05, 0.1) is 24.9 Å². The van der Waals surface area contributed by atoms with Crippen molar-refractivity contribution in [3.05, 3.63) is 53.1 Å². The minimum atomic E-state index is 0.0373. The van der Waals surface area contributed by atoms with E-state index in [0.29, 0.717) is 24.5 Å². The molecule has 0 N–H and O–H groups in total. The van der Waals surface area contributed by atoms with Gasteiger partial charge in [-0.15, -0.1) is 11.3 Å². The fourth-order valence-corrected chi connectivity index (χ4v) is 4.27. The number of benzene rings is 1. The largest absolute Gasteiger partial charge is 0.380 e. The van der Waals surface area contributed by atoms with Gasteiger partial charge < -0.3 is 9.64 Å². The first-order valence-corrected chi connectivity index (χ1v) is 9.33. The first-order valence-electron chi connectivity index (χ1n) is 8.51. The Morgan fingerprint density at radius 1 is 1.32 bits per heavy atom.